The Morgan fingerprint density at radius 2 is 2.00 bits per heavy atom. The van der Waals surface area contributed by atoms with Crippen molar-refractivity contribution in [3.63, 3.8) is 0 Å². The summed E-state index contributed by atoms with van der Waals surface area (Å²) in [6, 6.07) is 3.88. The Balaban J connectivity index is 1.89. The molecule has 0 unspecified atom stereocenters. The summed E-state index contributed by atoms with van der Waals surface area (Å²) in [5, 5.41) is 9.26. The summed E-state index contributed by atoms with van der Waals surface area (Å²) in [6.07, 6.45) is 3.14. The molecule has 1 fully saturated rings. The first-order valence-electron chi connectivity index (χ1n) is 9.50. The molecule has 2 aromatic heterocycles. The van der Waals surface area contributed by atoms with E-state index < -0.39 is 23.3 Å². The van der Waals surface area contributed by atoms with Crippen molar-refractivity contribution >= 4 is 23.0 Å². The van der Waals surface area contributed by atoms with Gasteiger partial charge < -0.3 is 15.6 Å². The largest absolute Gasteiger partial charge is 0.494 e. The van der Waals surface area contributed by atoms with Crippen LogP contribution in [0.1, 0.15) is 31.7 Å². The molecular weight excluding hydrogens is 393 g/mol. The first-order chi connectivity index (χ1) is 14.4. The average molecular weight is 413 g/mol. The number of methoxy groups -OCH3 is 1. The normalized spacial score (nSPS) is 19.0. The molecule has 4 rings (SSSR count). The second-order valence-corrected chi connectivity index (χ2v) is 7.26. The lowest BCUT2D eigenvalue weighted by atomic mass is 9.86. The third kappa shape index (κ3) is 3.34. The van der Waals surface area contributed by atoms with Crippen LogP contribution in [0.4, 0.5) is 10.2 Å². The number of nitrogens with zero attached hydrogens (tertiary/aromatic N) is 4. The van der Waals surface area contributed by atoms with Crippen molar-refractivity contribution in [2.24, 2.45) is 5.92 Å². The number of hydrogen-bond donors (Lipinski definition) is 2. The van der Waals surface area contributed by atoms with E-state index in [4.69, 9.17) is 10.5 Å². The first-order valence-corrected chi connectivity index (χ1v) is 9.50. The lowest BCUT2D eigenvalue weighted by Gasteiger charge is -2.28. The van der Waals surface area contributed by atoms with Gasteiger partial charge in [0, 0.05) is 11.6 Å². The van der Waals surface area contributed by atoms with Crippen molar-refractivity contribution in [2.75, 3.05) is 12.8 Å². The Kier molecular flexibility index (Phi) is 5.06. The summed E-state index contributed by atoms with van der Waals surface area (Å²) < 4.78 is 20.7. The molecule has 156 valence electrons. The number of nitrogen functional groups attached to an aromatic ring is 1. The van der Waals surface area contributed by atoms with Crippen LogP contribution >= 0.6 is 0 Å². The monoisotopic (exact) mass is 413 g/mol. The predicted octanol–water partition coefficient (Wildman–Crippen LogP) is 2.40. The van der Waals surface area contributed by atoms with Crippen molar-refractivity contribution in [3.8, 4) is 17.0 Å². The van der Waals surface area contributed by atoms with Crippen LogP contribution in [-0.2, 0) is 4.79 Å². The summed E-state index contributed by atoms with van der Waals surface area (Å²) >= 11 is 0. The average Bonchev–Trinajstić information content (AvgIpc) is 2.74. The van der Waals surface area contributed by atoms with Gasteiger partial charge in [0.2, 0.25) is 0 Å². The van der Waals surface area contributed by atoms with Gasteiger partial charge in [0.25, 0.3) is 5.56 Å². The second kappa shape index (κ2) is 7.69. The Labute approximate surface area is 170 Å². The van der Waals surface area contributed by atoms with Crippen LogP contribution in [0.15, 0.2) is 29.3 Å². The number of carbonyl (C=O) groups is 1. The van der Waals surface area contributed by atoms with Crippen molar-refractivity contribution in [1.82, 2.24) is 19.5 Å². The highest BCUT2D eigenvalue weighted by atomic mass is 19.1. The van der Waals surface area contributed by atoms with Gasteiger partial charge in [-0.2, -0.15) is 0 Å². The minimum atomic E-state index is -0.832. The number of hydrogen-bond acceptors (Lipinski definition) is 7. The van der Waals surface area contributed by atoms with E-state index in [0.29, 0.717) is 25.7 Å². The number of rotatable bonds is 4. The summed E-state index contributed by atoms with van der Waals surface area (Å²) in [6.45, 7) is 0. The van der Waals surface area contributed by atoms with Crippen molar-refractivity contribution in [1.29, 1.82) is 0 Å². The molecule has 0 saturated heterocycles. The molecule has 2 heterocycles. The number of ether oxygens (including phenoxy) is 1. The number of halogens is 1. The maximum atomic E-state index is 14.3. The van der Waals surface area contributed by atoms with E-state index in [1.54, 1.807) is 6.07 Å². The summed E-state index contributed by atoms with van der Waals surface area (Å²) in [5.41, 5.74) is 6.36. The zero-order chi connectivity index (χ0) is 21.4. The highest BCUT2D eigenvalue weighted by Gasteiger charge is 2.30. The fourth-order valence-electron chi connectivity index (χ4n) is 3.96. The topological polar surface area (TPSA) is 133 Å². The summed E-state index contributed by atoms with van der Waals surface area (Å²) in [4.78, 5) is 37.2. The van der Waals surface area contributed by atoms with Crippen molar-refractivity contribution in [3.05, 3.63) is 40.7 Å². The molecule has 0 bridgehead atoms. The fourth-order valence-corrected chi connectivity index (χ4v) is 3.96. The van der Waals surface area contributed by atoms with E-state index in [1.807, 2.05) is 0 Å². The maximum absolute atomic E-state index is 14.3. The van der Waals surface area contributed by atoms with Crippen LogP contribution in [0, 0.1) is 11.7 Å². The van der Waals surface area contributed by atoms with Crippen LogP contribution in [-0.4, -0.2) is 37.7 Å². The van der Waals surface area contributed by atoms with Gasteiger partial charge >= 0.3 is 5.97 Å². The molecule has 1 aliphatic carbocycles. The van der Waals surface area contributed by atoms with Crippen LogP contribution < -0.4 is 16.0 Å². The Hall–Kier alpha value is -3.56. The molecule has 30 heavy (non-hydrogen) atoms. The van der Waals surface area contributed by atoms with Gasteiger partial charge in [-0.3, -0.25) is 14.2 Å². The van der Waals surface area contributed by atoms with Crippen LogP contribution in [0.25, 0.3) is 22.4 Å². The summed E-state index contributed by atoms with van der Waals surface area (Å²) in [7, 11) is 1.35. The van der Waals surface area contributed by atoms with E-state index in [1.165, 1.54) is 30.1 Å². The van der Waals surface area contributed by atoms with Crippen LogP contribution in [0.5, 0.6) is 5.75 Å². The zero-order valence-corrected chi connectivity index (χ0v) is 16.2. The van der Waals surface area contributed by atoms with Gasteiger partial charge in [0.15, 0.2) is 23.0 Å². The molecule has 1 aromatic carbocycles. The molecule has 3 aromatic rings. The number of nitrogens with two attached hydrogens (primary N) is 1. The molecule has 3 N–H and O–H groups in total. The van der Waals surface area contributed by atoms with E-state index >= 15 is 0 Å². The predicted molar refractivity (Wildman–Crippen MR) is 107 cm³/mol. The third-order valence-electron chi connectivity index (χ3n) is 5.54. The lowest BCUT2D eigenvalue weighted by Crippen LogP contribution is -2.32. The van der Waals surface area contributed by atoms with E-state index in [-0.39, 0.29) is 40.0 Å². The molecular formula is C20H20FN5O4. The SMILES string of the molecule is COc1ccc(-c2nc3c(N)ncnc3n(C3CCC(C(=O)O)CC3)c2=O)cc1F. The molecule has 0 amide bonds. The Morgan fingerprint density at radius 3 is 2.63 bits per heavy atom. The smallest absolute Gasteiger partial charge is 0.306 e. The summed E-state index contributed by atoms with van der Waals surface area (Å²) in [5.74, 6) is -1.73. The van der Waals surface area contributed by atoms with Crippen molar-refractivity contribution < 1.29 is 19.0 Å². The Bertz CT molecular complexity index is 1190. The molecule has 0 spiro atoms. The quantitative estimate of drug-likeness (QED) is 0.666. The highest BCUT2D eigenvalue weighted by Crippen LogP contribution is 2.34. The van der Waals surface area contributed by atoms with Gasteiger partial charge in [-0.15, -0.1) is 0 Å². The van der Waals surface area contributed by atoms with E-state index in [0.717, 1.165) is 0 Å². The number of carboxylic acid groups (broad SMARTS) is 1. The fraction of sp³-hybridized carbons (Fsp3) is 0.350. The van der Waals surface area contributed by atoms with Gasteiger partial charge in [-0.05, 0) is 43.9 Å². The number of benzene rings is 1. The standard InChI is InChI=1S/C20H20FN5O4/c1-30-14-7-4-11(8-13(14)21)15-19(27)26(12-5-2-10(3-6-12)20(28)29)18-16(25-15)17(22)23-9-24-18/h4,7-10,12H,2-3,5-6H2,1H3,(H,28,29)(H2,22,23,24). The molecule has 1 saturated carbocycles. The van der Waals surface area contributed by atoms with Gasteiger partial charge in [-0.1, -0.05) is 0 Å². The number of aromatic nitrogens is 4. The number of fused-ring (bicyclic) bond motifs is 1. The van der Waals surface area contributed by atoms with Gasteiger partial charge in [0.1, 0.15) is 17.5 Å². The van der Waals surface area contributed by atoms with Crippen LogP contribution in [0.2, 0.25) is 0 Å². The highest BCUT2D eigenvalue weighted by molar-refractivity contribution is 5.83. The minimum Gasteiger partial charge on any atom is -0.494 e. The van der Waals surface area contributed by atoms with Gasteiger partial charge in [-0.25, -0.2) is 19.3 Å². The molecule has 9 nitrogen and oxygen atoms in total. The molecule has 0 aliphatic heterocycles. The van der Waals surface area contributed by atoms with Gasteiger partial charge in [0.05, 0.1) is 13.0 Å². The number of anilines is 1. The van der Waals surface area contributed by atoms with E-state index in [2.05, 4.69) is 15.0 Å². The maximum Gasteiger partial charge on any atom is 0.306 e. The second-order valence-electron chi connectivity index (χ2n) is 7.26. The van der Waals surface area contributed by atoms with Crippen LogP contribution in [0.3, 0.4) is 0 Å². The van der Waals surface area contributed by atoms with Crippen molar-refractivity contribution in [2.45, 2.75) is 31.7 Å². The zero-order valence-electron chi connectivity index (χ0n) is 16.2. The molecule has 0 atom stereocenters. The number of carboxylic acids is 1. The lowest BCUT2D eigenvalue weighted by molar-refractivity contribution is -0.143. The molecule has 1 aliphatic rings. The third-order valence-corrected chi connectivity index (χ3v) is 5.54. The Morgan fingerprint density at radius 1 is 1.27 bits per heavy atom. The minimum absolute atomic E-state index is 0.0194. The van der Waals surface area contributed by atoms with E-state index in [9.17, 15) is 19.1 Å². The number of aliphatic carboxylic acids is 1. The molecule has 10 heteroatoms. The molecule has 0 radical (unpaired) electrons. The first kappa shape index (κ1) is 19.7.